The van der Waals surface area contributed by atoms with E-state index in [2.05, 4.69) is 0 Å². The predicted molar refractivity (Wildman–Crippen MR) is 118 cm³/mol. The summed E-state index contributed by atoms with van der Waals surface area (Å²) in [5.41, 5.74) is 3.13. The normalized spacial score (nSPS) is 13.8. The van der Waals surface area contributed by atoms with Gasteiger partial charge in [0.25, 0.3) is 0 Å². The van der Waals surface area contributed by atoms with Crippen LogP contribution in [0, 0.1) is 6.92 Å². The SMILES string of the molecule is CCOc1ccc(/C=C2\Oc3cc(OCc4ccccc4Cl)cc(C)c3C2=O)cc1. The summed E-state index contributed by atoms with van der Waals surface area (Å²) in [6.45, 7) is 4.76. The molecule has 0 bridgehead atoms. The van der Waals surface area contributed by atoms with E-state index in [0.29, 0.717) is 41.1 Å². The lowest BCUT2D eigenvalue weighted by Crippen LogP contribution is -2.00. The Morgan fingerprint density at radius 3 is 2.50 bits per heavy atom. The summed E-state index contributed by atoms with van der Waals surface area (Å²) < 4.78 is 17.2. The Hall–Kier alpha value is -3.24. The van der Waals surface area contributed by atoms with Crippen molar-refractivity contribution in [3.63, 3.8) is 0 Å². The molecule has 1 aliphatic heterocycles. The number of aryl methyl sites for hydroxylation is 1. The topological polar surface area (TPSA) is 44.8 Å². The predicted octanol–water partition coefficient (Wildman–Crippen LogP) is 6.24. The van der Waals surface area contributed by atoms with Crippen molar-refractivity contribution in [2.45, 2.75) is 20.5 Å². The smallest absolute Gasteiger partial charge is 0.232 e. The molecule has 5 heteroatoms. The monoisotopic (exact) mass is 420 g/mol. The summed E-state index contributed by atoms with van der Waals surface area (Å²) >= 11 is 6.19. The molecule has 3 aromatic carbocycles. The Kier molecular flexibility index (Phi) is 5.77. The van der Waals surface area contributed by atoms with E-state index in [9.17, 15) is 4.79 Å². The number of benzene rings is 3. The van der Waals surface area contributed by atoms with Gasteiger partial charge in [-0.1, -0.05) is 41.9 Å². The number of allylic oxidation sites excluding steroid dienone is 1. The van der Waals surface area contributed by atoms with Gasteiger partial charge in [-0.2, -0.15) is 0 Å². The van der Waals surface area contributed by atoms with Gasteiger partial charge in [0.15, 0.2) is 5.76 Å². The fourth-order valence-corrected chi connectivity index (χ4v) is 3.51. The van der Waals surface area contributed by atoms with Gasteiger partial charge in [0, 0.05) is 16.7 Å². The molecule has 0 radical (unpaired) electrons. The van der Waals surface area contributed by atoms with Gasteiger partial charge in [0.05, 0.1) is 12.2 Å². The first-order valence-electron chi connectivity index (χ1n) is 9.73. The van der Waals surface area contributed by atoms with Crippen molar-refractivity contribution in [1.82, 2.24) is 0 Å². The molecular formula is C25H21ClO4. The maximum absolute atomic E-state index is 12.9. The third-order valence-corrected chi connectivity index (χ3v) is 5.15. The summed E-state index contributed by atoms with van der Waals surface area (Å²) in [5.74, 6) is 2.08. The van der Waals surface area contributed by atoms with Crippen LogP contribution in [-0.4, -0.2) is 12.4 Å². The number of Topliss-reactive ketones (excluding diaryl/α,β-unsaturated/α-hetero) is 1. The molecule has 0 unspecified atom stereocenters. The van der Waals surface area contributed by atoms with Gasteiger partial charge in [0.1, 0.15) is 23.9 Å². The van der Waals surface area contributed by atoms with E-state index in [4.69, 9.17) is 25.8 Å². The Labute approximate surface area is 180 Å². The van der Waals surface area contributed by atoms with Crippen molar-refractivity contribution < 1.29 is 19.0 Å². The first kappa shape index (κ1) is 20.0. The fourth-order valence-electron chi connectivity index (χ4n) is 3.32. The highest BCUT2D eigenvalue weighted by Crippen LogP contribution is 2.38. The molecule has 152 valence electrons. The van der Waals surface area contributed by atoms with Gasteiger partial charge in [-0.05, 0) is 55.3 Å². The van der Waals surface area contributed by atoms with Crippen LogP contribution in [0.2, 0.25) is 5.02 Å². The van der Waals surface area contributed by atoms with Crippen LogP contribution in [0.15, 0.2) is 66.4 Å². The van der Waals surface area contributed by atoms with Gasteiger partial charge < -0.3 is 14.2 Å². The molecule has 1 heterocycles. The maximum atomic E-state index is 12.9. The van der Waals surface area contributed by atoms with Crippen molar-refractivity contribution in [1.29, 1.82) is 0 Å². The van der Waals surface area contributed by atoms with Crippen molar-refractivity contribution >= 4 is 23.5 Å². The lowest BCUT2D eigenvalue weighted by molar-refractivity contribution is 0.101. The third kappa shape index (κ3) is 4.19. The number of hydrogen-bond acceptors (Lipinski definition) is 4. The third-order valence-electron chi connectivity index (χ3n) is 4.78. The second-order valence-electron chi connectivity index (χ2n) is 6.94. The quantitative estimate of drug-likeness (QED) is 0.442. The van der Waals surface area contributed by atoms with E-state index in [-0.39, 0.29) is 5.78 Å². The standard InChI is InChI=1S/C25H21ClO4/c1-3-28-19-10-8-17(9-11-19)13-23-25(27)24-16(2)12-20(14-22(24)30-23)29-15-18-6-4-5-7-21(18)26/h4-14H,3,15H2,1-2H3/b23-13-. The second kappa shape index (κ2) is 8.64. The second-order valence-corrected chi connectivity index (χ2v) is 7.34. The summed E-state index contributed by atoms with van der Waals surface area (Å²) in [7, 11) is 0. The minimum Gasteiger partial charge on any atom is -0.494 e. The molecule has 0 aromatic heterocycles. The van der Waals surface area contributed by atoms with E-state index < -0.39 is 0 Å². The molecule has 1 aliphatic rings. The number of ketones is 1. The molecule has 0 atom stereocenters. The van der Waals surface area contributed by atoms with Gasteiger partial charge in [0.2, 0.25) is 5.78 Å². The molecular weight excluding hydrogens is 400 g/mol. The Morgan fingerprint density at radius 1 is 1.00 bits per heavy atom. The first-order chi connectivity index (χ1) is 14.5. The number of fused-ring (bicyclic) bond motifs is 1. The van der Waals surface area contributed by atoms with E-state index in [0.717, 1.165) is 22.4 Å². The van der Waals surface area contributed by atoms with E-state index in [1.165, 1.54) is 0 Å². The number of halogens is 1. The van der Waals surface area contributed by atoms with Crippen LogP contribution in [0.4, 0.5) is 0 Å². The van der Waals surface area contributed by atoms with Crippen molar-refractivity contribution in [2.24, 2.45) is 0 Å². The highest BCUT2D eigenvalue weighted by atomic mass is 35.5. The van der Waals surface area contributed by atoms with Gasteiger partial charge in [-0.15, -0.1) is 0 Å². The molecule has 0 saturated carbocycles. The molecule has 0 aliphatic carbocycles. The van der Waals surface area contributed by atoms with Crippen LogP contribution in [0.1, 0.15) is 34.0 Å². The molecule has 0 saturated heterocycles. The van der Waals surface area contributed by atoms with Crippen LogP contribution in [-0.2, 0) is 6.61 Å². The minimum absolute atomic E-state index is 0.131. The summed E-state index contributed by atoms with van der Waals surface area (Å²) in [4.78, 5) is 12.9. The van der Waals surface area contributed by atoms with Crippen LogP contribution < -0.4 is 14.2 Å². The van der Waals surface area contributed by atoms with Crippen LogP contribution in [0.5, 0.6) is 17.2 Å². The Bertz CT molecular complexity index is 1120. The number of rotatable bonds is 6. The molecule has 30 heavy (non-hydrogen) atoms. The highest BCUT2D eigenvalue weighted by Gasteiger charge is 2.30. The van der Waals surface area contributed by atoms with Gasteiger partial charge in [-0.25, -0.2) is 0 Å². The zero-order valence-electron chi connectivity index (χ0n) is 16.8. The largest absolute Gasteiger partial charge is 0.494 e. The molecule has 3 aromatic rings. The highest BCUT2D eigenvalue weighted by molar-refractivity contribution is 6.31. The molecule has 0 spiro atoms. The average Bonchev–Trinajstić information content (AvgIpc) is 3.05. The average molecular weight is 421 g/mol. The van der Waals surface area contributed by atoms with Crippen molar-refractivity contribution in [2.75, 3.05) is 6.61 Å². The maximum Gasteiger partial charge on any atom is 0.232 e. The first-order valence-corrected chi connectivity index (χ1v) is 10.1. The molecule has 0 amide bonds. The zero-order chi connectivity index (χ0) is 21.1. The van der Waals surface area contributed by atoms with Gasteiger partial charge >= 0.3 is 0 Å². The molecule has 0 fully saturated rings. The lowest BCUT2D eigenvalue weighted by Gasteiger charge is -2.10. The summed E-state index contributed by atoms with van der Waals surface area (Å²) in [6.07, 6.45) is 1.74. The zero-order valence-corrected chi connectivity index (χ0v) is 17.5. The van der Waals surface area contributed by atoms with Crippen LogP contribution in [0.3, 0.4) is 0 Å². The van der Waals surface area contributed by atoms with E-state index in [1.807, 2.05) is 68.4 Å². The van der Waals surface area contributed by atoms with Crippen LogP contribution >= 0.6 is 11.6 Å². The molecule has 4 nitrogen and oxygen atoms in total. The Balaban J connectivity index is 1.53. The Morgan fingerprint density at radius 2 is 1.77 bits per heavy atom. The number of hydrogen-bond donors (Lipinski definition) is 0. The van der Waals surface area contributed by atoms with Crippen molar-refractivity contribution in [3.05, 3.63) is 93.7 Å². The fraction of sp³-hybridized carbons (Fsp3) is 0.160. The van der Waals surface area contributed by atoms with E-state index >= 15 is 0 Å². The van der Waals surface area contributed by atoms with Crippen LogP contribution in [0.25, 0.3) is 6.08 Å². The van der Waals surface area contributed by atoms with Crippen molar-refractivity contribution in [3.8, 4) is 17.2 Å². The van der Waals surface area contributed by atoms with Gasteiger partial charge in [-0.3, -0.25) is 4.79 Å². The lowest BCUT2D eigenvalue weighted by atomic mass is 10.0. The summed E-state index contributed by atoms with van der Waals surface area (Å²) in [6, 6.07) is 18.6. The molecule has 0 N–H and O–H groups in total. The minimum atomic E-state index is -0.131. The summed E-state index contributed by atoms with van der Waals surface area (Å²) in [5, 5.41) is 0.655. The number of carbonyl (C=O) groups excluding carboxylic acids is 1. The van der Waals surface area contributed by atoms with E-state index in [1.54, 1.807) is 12.1 Å². The number of carbonyl (C=O) groups is 1. The molecule has 4 rings (SSSR count). The number of ether oxygens (including phenoxy) is 3.